The van der Waals surface area contributed by atoms with Crippen molar-refractivity contribution in [1.29, 1.82) is 0 Å². The zero-order chi connectivity index (χ0) is 6.74. The molecule has 0 atom stereocenters. The van der Waals surface area contributed by atoms with Gasteiger partial charge in [-0.15, -0.1) is 6.42 Å². The van der Waals surface area contributed by atoms with Gasteiger partial charge in [-0.05, 0) is 13.1 Å². The van der Waals surface area contributed by atoms with Crippen molar-refractivity contribution in [3.8, 4) is 12.3 Å². The van der Waals surface area contributed by atoms with Gasteiger partial charge < -0.3 is 5.32 Å². The van der Waals surface area contributed by atoms with Gasteiger partial charge in [-0.1, -0.05) is 5.92 Å². The van der Waals surface area contributed by atoms with E-state index in [2.05, 4.69) is 11.2 Å². The van der Waals surface area contributed by atoms with E-state index in [1.165, 1.54) is 0 Å². The highest BCUT2D eigenvalue weighted by Gasteiger charge is 2.28. The molecular formula is C7H10FN. The van der Waals surface area contributed by atoms with E-state index in [1.807, 2.05) is 0 Å². The van der Waals surface area contributed by atoms with Gasteiger partial charge in [0.1, 0.15) is 0 Å². The number of nitrogens with one attached hydrogen (secondary N) is 1. The van der Waals surface area contributed by atoms with Crippen LogP contribution in [0.3, 0.4) is 0 Å². The number of halogens is 1. The summed E-state index contributed by atoms with van der Waals surface area (Å²) in [5.74, 6) is 2.17. The first-order valence-electron chi connectivity index (χ1n) is 3.14. The topological polar surface area (TPSA) is 12.0 Å². The number of terminal acetylenes is 1. The largest absolute Gasteiger partial charge is 0.316 e. The quantitative estimate of drug-likeness (QED) is 0.472. The van der Waals surface area contributed by atoms with E-state index in [9.17, 15) is 4.39 Å². The minimum atomic E-state index is -1.31. The van der Waals surface area contributed by atoms with Crippen molar-refractivity contribution < 1.29 is 4.39 Å². The molecule has 0 radical (unpaired) electrons. The zero-order valence-corrected chi connectivity index (χ0v) is 5.28. The van der Waals surface area contributed by atoms with Crippen molar-refractivity contribution in [3.05, 3.63) is 0 Å². The van der Waals surface area contributed by atoms with Crippen LogP contribution < -0.4 is 5.32 Å². The molecule has 1 heterocycles. The molecule has 50 valence electrons. The lowest BCUT2D eigenvalue weighted by Crippen LogP contribution is -2.37. The second-order valence-electron chi connectivity index (χ2n) is 2.36. The third-order valence-corrected chi connectivity index (χ3v) is 1.65. The Labute approximate surface area is 54.6 Å². The molecule has 0 aromatic heterocycles. The molecule has 1 fully saturated rings. The lowest BCUT2D eigenvalue weighted by atomic mass is 9.96. The standard InChI is InChI=1S/C7H10FN/c1-2-7(8)3-5-9-6-4-7/h1,9H,3-6H2. The van der Waals surface area contributed by atoms with Crippen LogP contribution >= 0.6 is 0 Å². The van der Waals surface area contributed by atoms with Crippen LogP contribution in [-0.4, -0.2) is 18.8 Å². The summed E-state index contributed by atoms with van der Waals surface area (Å²) in [6, 6.07) is 0. The van der Waals surface area contributed by atoms with Crippen LogP contribution in [0.15, 0.2) is 0 Å². The minimum Gasteiger partial charge on any atom is -0.316 e. The number of alkyl halides is 1. The van der Waals surface area contributed by atoms with E-state index in [4.69, 9.17) is 6.42 Å². The van der Waals surface area contributed by atoms with Crippen LogP contribution in [-0.2, 0) is 0 Å². The Kier molecular flexibility index (Phi) is 1.73. The fourth-order valence-electron chi connectivity index (χ4n) is 0.967. The van der Waals surface area contributed by atoms with Gasteiger partial charge >= 0.3 is 0 Å². The third kappa shape index (κ3) is 1.43. The van der Waals surface area contributed by atoms with Gasteiger partial charge in [-0.2, -0.15) is 0 Å². The highest BCUT2D eigenvalue weighted by Crippen LogP contribution is 2.21. The fraction of sp³-hybridized carbons (Fsp3) is 0.714. The molecule has 9 heavy (non-hydrogen) atoms. The Hall–Kier alpha value is -0.550. The molecule has 1 nitrogen and oxygen atoms in total. The summed E-state index contributed by atoms with van der Waals surface area (Å²) in [4.78, 5) is 0. The first-order valence-corrected chi connectivity index (χ1v) is 3.14. The Balaban J connectivity index is 2.49. The Morgan fingerprint density at radius 3 is 2.33 bits per heavy atom. The summed E-state index contributed by atoms with van der Waals surface area (Å²) in [5.41, 5.74) is -1.31. The number of piperidine rings is 1. The van der Waals surface area contributed by atoms with Gasteiger partial charge in [-0.25, -0.2) is 4.39 Å². The molecule has 0 saturated carbocycles. The average Bonchev–Trinajstić information content (AvgIpc) is 1.90. The van der Waals surface area contributed by atoms with E-state index in [-0.39, 0.29) is 0 Å². The van der Waals surface area contributed by atoms with Crippen LogP contribution in [0.2, 0.25) is 0 Å². The maximum Gasteiger partial charge on any atom is 0.173 e. The molecule has 0 aromatic carbocycles. The highest BCUT2D eigenvalue weighted by molar-refractivity contribution is 5.09. The van der Waals surface area contributed by atoms with Crippen LogP contribution in [0.5, 0.6) is 0 Å². The number of hydrogen-bond donors (Lipinski definition) is 1. The van der Waals surface area contributed by atoms with Gasteiger partial charge in [0.25, 0.3) is 0 Å². The molecule has 0 aromatic rings. The van der Waals surface area contributed by atoms with Crippen LogP contribution in [0.25, 0.3) is 0 Å². The lowest BCUT2D eigenvalue weighted by Gasteiger charge is -2.24. The molecule has 0 aliphatic carbocycles. The van der Waals surface area contributed by atoms with Crippen molar-refractivity contribution in [1.82, 2.24) is 5.32 Å². The van der Waals surface area contributed by atoms with Gasteiger partial charge in [0.15, 0.2) is 5.67 Å². The Bertz CT molecular complexity index is 130. The predicted octanol–water partition coefficient (Wildman–Crippen LogP) is 0.711. The summed E-state index contributed by atoms with van der Waals surface area (Å²) >= 11 is 0. The van der Waals surface area contributed by atoms with Gasteiger partial charge in [-0.3, -0.25) is 0 Å². The first-order chi connectivity index (χ1) is 4.27. The van der Waals surface area contributed by atoms with Crippen LogP contribution in [0.1, 0.15) is 12.8 Å². The van der Waals surface area contributed by atoms with Gasteiger partial charge in [0, 0.05) is 12.8 Å². The fourth-order valence-corrected chi connectivity index (χ4v) is 0.967. The summed E-state index contributed by atoms with van der Waals surface area (Å²) in [5, 5.41) is 3.04. The van der Waals surface area contributed by atoms with Crippen molar-refractivity contribution in [2.45, 2.75) is 18.5 Å². The van der Waals surface area contributed by atoms with E-state index in [0.717, 1.165) is 0 Å². The normalized spacial score (nSPS) is 24.9. The van der Waals surface area contributed by atoms with Crippen molar-refractivity contribution in [2.75, 3.05) is 13.1 Å². The molecule has 1 saturated heterocycles. The molecule has 1 rings (SSSR count). The van der Waals surface area contributed by atoms with E-state index >= 15 is 0 Å². The molecule has 1 N–H and O–H groups in total. The number of hydrogen-bond acceptors (Lipinski definition) is 1. The zero-order valence-electron chi connectivity index (χ0n) is 5.28. The number of rotatable bonds is 0. The molecule has 0 spiro atoms. The van der Waals surface area contributed by atoms with E-state index in [1.54, 1.807) is 0 Å². The summed E-state index contributed by atoms with van der Waals surface area (Å²) in [7, 11) is 0. The SMILES string of the molecule is C#CC1(F)CCNCC1. The third-order valence-electron chi connectivity index (χ3n) is 1.65. The molecule has 0 bridgehead atoms. The van der Waals surface area contributed by atoms with Gasteiger partial charge in [0.05, 0.1) is 0 Å². The monoisotopic (exact) mass is 127 g/mol. The van der Waals surface area contributed by atoms with Gasteiger partial charge in [0.2, 0.25) is 0 Å². The molecule has 1 aliphatic rings. The summed E-state index contributed by atoms with van der Waals surface area (Å²) < 4.78 is 13.0. The average molecular weight is 127 g/mol. The lowest BCUT2D eigenvalue weighted by molar-refractivity contribution is 0.184. The first kappa shape index (κ1) is 6.57. The predicted molar refractivity (Wildman–Crippen MR) is 34.8 cm³/mol. The molecular weight excluding hydrogens is 117 g/mol. The maximum atomic E-state index is 13.0. The second kappa shape index (κ2) is 2.36. The molecule has 0 amide bonds. The van der Waals surface area contributed by atoms with E-state index < -0.39 is 5.67 Å². The highest BCUT2D eigenvalue weighted by atomic mass is 19.1. The molecule has 0 unspecified atom stereocenters. The van der Waals surface area contributed by atoms with Crippen molar-refractivity contribution in [2.24, 2.45) is 0 Å². The second-order valence-corrected chi connectivity index (χ2v) is 2.36. The summed E-state index contributed by atoms with van der Waals surface area (Å²) in [6.45, 7) is 1.42. The van der Waals surface area contributed by atoms with Crippen molar-refractivity contribution >= 4 is 0 Å². The molecule has 1 aliphatic heterocycles. The van der Waals surface area contributed by atoms with Crippen molar-refractivity contribution in [3.63, 3.8) is 0 Å². The molecule has 2 heteroatoms. The smallest absolute Gasteiger partial charge is 0.173 e. The Morgan fingerprint density at radius 1 is 1.44 bits per heavy atom. The summed E-state index contributed by atoms with van der Waals surface area (Å²) in [6.07, 6.45) is 5.91. The van der Waals surface area contributed by atoms with Crippen LogP contribution in [0, 0.1) is 12.3 Å². The minimum absolute atomic E-state index is 0.462. The Morgan fingerprint density at radius 2 is 2.00 bits per heavy atom. The maximum absolute atomic E-state index is 13.0. The van der Waals surface area contributed by atoms with Crippen LogP contribution in [0.4, 0.5) is 4.39 Å². The van der Waals surface area contributed by atoms with E-state index in [0.29, 0.717) is 25.9 Å².